The number of carbonyl (C=O) groups is 2. The van der Waals surface area contributed by atoms with E-state index in [0.717, 1.165) is 98.1 Å². The van der Waals surface area contributed by atoms with E-state index in [-0.39, 0.29) is 11.8 Å². The van der Waals surface area contributed by atoms with Crippen LogP contribution in [0.2, 0.25) is 0 Å². The van der Waals surface area contributed by atoms with Gasteiger partial charge in [0, 0.05) is 55.4 Å². The Morgan fingerprint density at radius 2 is 1.91 bits per heavy atom. The first-order valence-electron chi connectivity index (χ1n) is 11.5. The number of anilines is 1. The van der Waals surface area contributed by atoms with Crippen LogP contribution in [-0.2, 0) is 16.0 Å². The lowest BCUT2D eigenvalue weighted by molar-refractivity contribution is -0.110. The van der Waals surface area contributed by atoms with Crippen LogP contribution < -0.4 is 5.32 Å². The summed E-state index contributed by atoms with van der Waals surface area (Å²) in [5.41, 5.74) is 7.02. The van der Waals surface area contributed by atoms with Gasteiger partial charge in [0.2, 0.25) is 0 Å². The van der Waals surface area contributed by atoms with E-state index in [9.17, 15) is 9.59 Å². The first kappa shape index (κ1) is 21.0. The van der Waals surface area contributed by atoms with Crippen LogP contribution in [0, 0.1) is 13.8 Å². The Labute approximate surface area is 188 Å². The van der Waals surface area contributed by atoms with E-state index in [1.54, 1.807) is 0 Å². The number of aromatic amines is 1. The minimum absolute atomic E-state index is 0.0938. The highest BCUT2D eigenvalue weighted by Crippen LogP contribution is 2.35. The van der Waals surface area contributed by atoms with Crippen LogP contribution in [-0.4, -0.2) is 72.5 Å². The molecule has 2 amide bonds. The Morgan fingerprint density at radius 3 is 2.72 bits per heavy atom. The van der Waals surface area contributed by atoms with Crippen LogP contribution in [0.1, 0.15) is 44.9 Å². The fourth-order valence-electron chi connectivity index (χ4n) is 4.90. The van der Waals surface area contributed by atoms with E-state index in [1.807, 2.05) is 43.0 Å². The van der Waals surface area contributed by atoms with Crippen molar-refractivity contribution in [3.63, 3.8) is 0 Å². The molecule has 1 aromatic heterocycles. The van der Waals surface area contributed by atoms with Crippen molar-refractivity contribution in [3.05, 3.63) is 51.8 Å². The molecule has 0 atom stereocenters. The summed E-state index contributed by atoms with van der Waals surface area (Å²) >= 11 is 0. The van der Waals surface area contributed by atoms with Crippen molar-refractivity contribution < 1.29 is 14.3 Å². The Bertz CT molecular complexity index is 1090. The van der Waals surface area contributed by atoms with E-state index in [1.165, 1.54) is 0 Å². The molecule has 3 aliphatic rings. The summed E-state index contributed by atoms with van der Waals surface area (Å²) in [6, 6.07) is 5.96. The van der Waals surface area contributed by atoms with Crippen LogP contribution in [0.15, 0.2) is 18.2 Å². The maximum Gasteiger partial charge on any atom is 0.256 e. The van der Waals surface area contributed by atoms with Gasteiger partial charge in [0.15, 0.2) is 0 Å². The van der Waals surface area contributed by atoms with Gasteiger partial charge in [-0.1, -0.05) is 11.6 Å². The van der Waals surface area contributed by atoms with Crippen molar-refractivity contribution in [1.29, 1.82) is 0 Å². The van der Waals surface area contributed by atoms with Gasteiger partial charge in [-0.15, -0.1) is 0 Å². The highest BCUT2D eigenvalue weighted by molar-refractivity contribution is 6.35. The molecule has 0 unspecified atom stereocenters. The van der Waals surface area contributed by atoms with Gasteiger partial charge < -0.3 is 19.9 Å². The van der Waals surface area contributed by atoms with E-state index >= 15 is 0 Å². The Hall–Kier alpha value is -2.90. The van der Waals surface area contributed by atoms with Crippen molar-refractivity contribution in [1.82, 2.24) is 14.8 Å². The summed E-state index contributed by atoms with van der Waals surface area (Å²) in [4.78, 5) is 33.9. The van der Waals surface area contributed by atoms with Gasteiger partial charge >= 0.3 is 0 Å². The minimum atomic E-state index is -0.103. The van der Waals surface area contributed by atoms with Crippen molar-refractivity contribution >= 4 is 29.2 Å². The number of amides is 2. The average Bonchev–Trinajstić information content (AvgIpc) is 3.20. The molecule has 1 saturated heterocycles. The molecule has 0 bridgehead atoms. The topological polar surface area (TPSA) is 77.7 Å². The van der Waals surface area contributed by atoms with Crippen molar-refractivity contribution in [2.75, 3.05) is 51.3 Å². The average molecular weight is 435 g/mol. The number of hydrogen-bond donors (Lipinski definition) is 2. The number of aryl methyl sites for hydroxylation is 2. The van der Waals surface area contributed by atoms with Crippen LogP contribution in [0.5, 0.6) is 0 Å². The second kappa shape index (κ2) is 8.56. The second-order valence-corrected chi connectivity index (χ2v) is 8.93. The van der Waals surface area contributed by atoms with Crippen molar-refractivity contribution in [2.45, 2.75) is 26.7 Å². The number of morpholine rings is 1. The fraction of sp³-hybridized carbons (Fsp3) is 0.440. The van der Waals surface area contributed by atoms with Gasteiger partial charge in [-0.05, 0) is 50.5 Å². The number of nitrogens with zero attached hydrogens (tertiary/aromatic N) is 2. The molecule has 3 aliphatic heterocycles. The number of fused-ring (bicyclic) bond motifs is 2. The number of rotatable bonds is 4. The Morgan fingerprint density at radius 1 is 1.09 bits per heavy atom. The van der Waals surface area contributed by atoms with E-state index < -0.39 is 0 Å². The molecular weight excluding hydrogens is 404 g/mol. The number of aromatic nitrogens is 1. The second-order valence-electron chi connectivity index (χ2n) is 8.93. The molecule has 5 rings (SSSR count). The molecule has 168 valence electrons. The van der Waals surface area contributed by atoms with Gasteiger partial charge in [-0.3, -0.25) is 14.5 Å². The zero-order chi connectivity index (χ0) is 22.2. The van der Waals surface area contributed by atoms with Crippen molar-refractivity contribution in [3.8, 4) is 0 Å². The van der Waals surface area contributed by atoms with Crippen LogP contribution in [0.25, 0.3) is 11.6 Å². The molecule has 7 heteroatoms. The lowest BCUT2D eigenvalue weighted by atomic mass is 10.0. The smallest absolute Gasteiger partial charge is 0.256 e. The quantitative estimate of drug-likeness (QED) is 0.726. The first-order valence-corrected chi connectivity index (χ1v) is 11.5. The fourth-order valence-corrected chi connectivity index (χ4v) is 4.90. The Kier molecular flexibility index (Phi) is 5.61. The first-order chi connectivity index (χ1) is 15.5. The normalized spacial score (nSPS) is 20.3. The van der Waals surface area contributed by atoms with E-state index in [4.69, 9.17) is 4.74 Å². The maximum absolute atomic E-state index is 13.5. The summed E-state index contributed by atoms with van der Waals surface area (Å²) in [6.45, 7) is 9.77. The van der Waals surface area contributed by atoms with E-state index in [2.05, 4.69) is 15.2 Å². The molecule has 2 aromatic rings. The van der Waals surface area contributed by atoms with Crippen LogP contribution in [0.4, 0.5) is 5.69 Å². The third-order valence-electron chi connectivity index (χ3n) is 6.76. The number of benzene rings is 1. The zero-order valence-corrected chi connectivity index (χ0v) is 18.8. The molecular formula is C25H30N4O3. The van der Waals surface area contributed by atoms with Crippen LogP contribution in [0.3, 0.4) is 0 Å². The summed E-state index contributed by atoms with van der Waals surface area (Å²) in [5.74, 6) is -0.00969. The lowest BCUT2D eigenvalue weighted by Crippen LogP contribution is -2.43. The maximum atomic E-state index is 13.5. The molecule has 4 heterocycles. The molecule has 7 nitrogen and oxygen atoms in total. The lowest BCUT2D eigenvalue weighted by Gasteiger charge is -2.29. The SMILES string of the molecule is Cc1ccc2c(c1)/C(=C/c1[nH]c3c(c1C)C(=O)N(CCN1CCOCC1)CCC3)C(=O)N2. The molecule has 2 N–H and O–H groups in total. The number of nitrogens with one attached hydrogen (secondary N) is 2. The standard InChI is InChI=1S/C25H30N4O3/c1-16-5-6-20-18(14-16)19(24(30)27-20)15-22-17(2)23-21(26-22)4-3-7-29(25(23)31)9-8-28-10-12-32-13-11-28/h5-6,14-15,26H,3-4,7-13H2,1-2H3,(H,27,30)/b19-15-. The minimum Gasteiger partial charge on any atom is -0.379 e. The number of carbonyl (C=O) groups excluding carboxylic acids is 2. The van der Waals surface area contributed by atoms with Crippen molar-refractivity contribution in [2.24, 2.45) is 0 Å². The van der Waals surface area contributed by atoms with Gasteiger partial charge in [0.1, 0.15) is 0 Å². The summed E-state index contributed by atoms with van der Waals surface area (Å²) in [7, 11) is 0. The molecule has 32 heavy (non-hydrogen) atoms. The van der Waals surface area contributed by atoms with Gasteiger partial charge in [-0.25, -0.2) is 0 Å². The van der Waals surface area contributed by atoms with E-state index in [0.29, 0.717) is 5.57 Å². The summed E-state index contributed by atoms with van der Waals surface area (Å²) < 4.78 is 5.43. The highest BCUT2D eigenvalue weighted by Gasteiger charge is 2.29. The summed E-state index contributed by atoms with van der Waals surface area (Å²) in [6.07, 6.45) is 3.66. The molecule has 0 spiro atoms. The van der Waals surface area contributed by atoms with Gasteiger partial charge in [0.25, 0.3) is 11.8 Å². The molecule has 0 saturated carbocycles. The Balaban J connectivity index is 1.41. The largest absolute Gasteiger partial charge is 0.379 e. The zero-order valence-electron chi connectivity index (χ0n) is 18.8. The third kappa shape index (κ3) is 3.87. The van der Waals surface area contributed by atoms with Gasteiger partial charge in [-0.2, -0.15) is 0 Å². The molecule has 0 aliphatic carbocycles. The molecule has 0 radical (unpaired) electrons. The predicted molar refractivity (Wildman–Crippen MR) is 125 cm³/mol. The predicted octanol–water partition coefficient (Wildman–Crippen LogP) is 2.84. The van der Waals surface area contributed by atoms with Crippen LogP contribution >= 0.6 is 0 Å². The summed E-state index contributed by atoms with van der Waals surface area (Å²) in [5, 5.41) is 2.94. The monoisotopic (exact) mass is 434 g/mol. The number of H-pyrrole nitrogens is 1. The number of ether oxygens (including phenoxy) is 1. The molecule has 1 aromatic carbocycles. The highest BCUT2D eigenvalue weighted by atomic mass is 16.5. The third-order valence-corrected chi connectivity index (χ3v) is 6.76. The molecule has 1 fully saturated rings. The number of hydrogen-bond acceptors (Lipinski definition) is 4. The van der Waals surface area contributed by atoms with Gasteiger partial charge in [0.05, 0.1) is 24.4 Å².